The van der Waals surface area contributed by atoms with E-state index in [1.54, 1.807) is 12.1 Å². The molecule has 0 bridgehead atoms. The van der Waals surface area contributed by atoms with Crippen molar-refractivity contribution in [1.29, 1.82) is 0 Å². The van der Waals surface area contributed by atoms with Crippen molar-refractivity contribution in [2.24, 2.45) is 5.73 Å². The summed E-state index contributed by atoms with van der Waals surface area (Å²) in [5, 5.41) is 0. The van der Waals surface area contributed by atoms with E-state index in [4.69, 9.17) is 10.5 Å². The fourth-order valence-corrected chi connectivity index (χ4v) is 1.95. The number of alkyl halides is 2. The summed E-state index contributed by atoms with van der Waals surface area (Å²) in [4.78, 5) is 0. The summed E-state index contributed by atoms with van der Waals surface area (Å²) in [5.41, 5.74) is 6.60. The van der Waals surface area contributed by atoms with E-state index in [1.807, 2.05) is 0 Å². The van der Waals surface area contributed by atoms with Crippen LogP contribution < -0.4 is 10.5 Å². The lowest BCUT2D eigenvalue weighted by Crippen LogP contribution is -2.24. The van der Waals surface area contributed by atoms with Gasteiger partial charge in [0.1, 0.15) is 5.75 Å². The quantitative estimate of drug-likeness (QED) is 0.879. The van der Waals surface area contributed by atoms with Crippen LogP contribution in [0, 0.1) is 0 Å². The topological polar surface area (TPSA) is 35.2 Å². The van der Waals surface area contributed by atoms with Crippen LogP contribution >= 0.6 is 0 Å². The van der Waals surface area contributed by atoms with Crippen LogP contribution in [0.15, 0.2) is 18.2 Å². The number of methoxy groups -OCH3 is 1. The lowest BCUT2D eigenvalue weighted by Gasteiger charge is -2.17. The van der Waals surface area contributed by atoms with E-state index < -0.39 is 5.92 Å². The highest BCUT2D eigenvalue weighted by atomic mass is 19.3. The summed E-state index contributed by atoms with van der Waals surface area (Å²) in [6.07, 6.45) is 2.59. The minimum atomic E-state index is -2.90. The smallest absolute Gasteiger partial charge is 0.274 e. The van der Waals surface area contributed by atoms with Crippen molar-refractivity contribution in [2.75, 3.05) is 7.11 Å². The van der Waals surface area contributed by atoms with Gasteiger partial charge < -0.3 is 10.5 Å². The Morgan fingerprint density at radius 1 is 1.41 bits per heavy atom. The molecule has 1 fully saturated rings. The number of benzene rings is 1. The van der Waals surface area contributed by atoms with Gasteiger partial charge in [0, 0.05) is 12.5 Å². The molecule has 0 heterocycles. The van der Waals surface area contributed by atoms with Crippen LogP contribution in [0.25, 0.3) is 0 Å². The van der Waals surface area contributed by atoms with Crippen LogP contribution in [0.5, 0.6) is 5.75 Å². The second-order valence-electron chi connectivity index (χ2n) is 4.96. The molecule has 4 heteroatoms. The van der Waals surface area contributed by atoms with Crippen molar-refractivity contribution >= 4 is 0 Å². The standard InChI is InChI=1S/C13H17F2NO/c1-12(14,15)10-7-9(3-4-11(10)17-2)8-13(16)5-6-13/h3-4,7H,5-6,8,16H2,1-2H3. The molecule has 94 valence electrons. The minimum absolute atomic E-state index is 0.0678. The molecular formula is C13H17F2NO. The van der Waals surface area contributed by atoms with Crippen LogP contribution in [0.1, 0.15) is 30.9 Å². The highest BCUT2D eigenvalue weighted by molar-refractivity contribution is 5.40. The Labute approximate surface area is 99.8 Å². The Balaban J connectivity index is 2.31. The molecule has 2 nitrogen and oxygen atoms in total. The van der Waals surface area contributed by atoms with Gasteiger partial charge >= 0.3 is 0 Å². The zero-order valence-corrected chi connectivity index (χ0v) is 10.1. The summed E-state index contributed by atoms with van der Waals surface area (Å²) in [7, 11) is 1.40. The van der Waals surface area contributed by atoms with E-state index in [1.165, 1.54) is 13.2 Å². The maximum atomic E-state index is 13.4. The first-order valence-electron chi connectivity index (χ1n) is 5.68. The van der Waals surface area contributed by atoms with E-state index in [9.17, 15) is 8.78 Å². The summed E-state index contributed by atoms with van der Waals surface area (Å²) in [5.74, 6) is -2.67. The normalized spacial score (nSPS) is 17.9. The molecule has 1 aromatic rings. The van der Waals surface area contributed by atoms with Gasteiger partial charge in [-0.2, -0.15) is 0 Å². The largest absolute Gasteiger partial charge is 0.496 e. The van der Waals surface area contributed by atoms with Gasteiger partial charge in [-0.25, -0.2) is 8.78 Å². The van der Waals surface area contributed by atoms with Gasteiger partial charge in [-0.15, -0.1) is 0 Å². The molecule has 1 aromatic carbocycles. The van der Waals surface area contributed by atoms with Crippen molar-refractivity contribution in [1.82, 2.24) is 0 Å². The van der Waals surface area contributed by atoms with E-state index in [-0.39, 0.29) is 16.9 Å². The van der Waals surface area contributed by atoms with Crippen molar-refractivity contribution in [3.8, 4) is 5.75 Å². The molecule has 0 aromatic heterocycles. The zero-order valence-electron chi connectivity index (χ0n) is 10.1. The Morgan fingerprint density at radius 3 is 2.53 bits per heavy atom. The second-order valence-corrected chi connectivity index (χ2v) is 4.96. The third-order valence-electron chi connectivity index (χ3n) is 3.19. The van der Waals surface area contributed by atoms with Crippen molar-refractivity contribution < 1.29 is 13.5 Å². The van der Waals surface area contributed by atoms with Gasteiger partial charge in [-0.3, -0.25) is 0 Å². The van der Waals surface area contributed by atoms with E-state index in [0.29, 0.717) is 6.42 Å². The molecule has 17 heavy (non-hydrogen) atoms. The molecule has 2 N–H and O–H groups in total. The number of hydrogen-bond donors (Lipinski definition) is 1. The summed E-state index contributed by atoms with van der Waals surface area (Å²) in [6, 6.07) is 4.90. The van der Waals surface area contributed by atoms with Crippen molar-refractivity contribution in [3.05, 3.63) is 29.3 Å². The Kier molecular flexibility index (Phi) is 2.86. The average molecular weight is 241 g/mol. The molecule has 1 aliphatic rings. The minimum Gasteiger partial charge on any atom is -0.496 e. The van der Waals surface area contributed by atoms with Crippen LogP contribution in [0.2, 0.25) is 0 Å². The maximum absolute atomic E-state index is 13.4. The molecule has 0 atom stereocenters. The number of hydrogen-bond acceptors (Lipinski definition) is 2. The monoisotopic (exact) mass is 241 g/mol. The molecule has 0 radical (unpaired) electrons. The van der Waals surface area contributed by atoms with Crippen LogP contribution in [0.4, 0.5) is 8.78 Å². The number of halogens is 2. The maximum Gasteiger partial charge on any atom is 0.274 e. The lowest BCUT2D eigenvalue weighted by atomic mass is 9.99. The van der Waals surface area contributed by atoms with Gasteiger partial charge in [-0.05, 0) is 37.0 Å². The number of rotatable bonds is 4. The van der Waals surface area contributed by atoms with Gasteiger partial charge in [0.2, 0.25) is 0 Å². The van der Waals surface area contributed by atoms with Crippen molar-refractivity contribution in [2.45, 2.75) is 37.6 Å². The highest BCUT2D eigenvalue weighted by Crippen LogP contribution is 2.39. The van der Waals surface area contributed by atoms with Gasteiger partial charge in [0.15, 0.2) is 0 Å². The Hall–Kier alpha value is -1.16. The van der Waals surface area contributed by atoms with Crippen LogP contribution in [-0.4, -0.2) is 12.6 Å². The van der Waals surface area contributed by atoms with Gasteiger partial charge in [-0.1, -0.05) is 6.07 Å². The predicted octanol–water partition coefficient (Wildman–Crippen LogP) is 2.84. The first kappa shape index (κ1) is 12.3. The van der Waals surface area contributed by atoms with E-state index in [0.717, 1.165) is 25.3 Å². The predicted molar refractivity (Wildman–Crippen MR) is 62.4 cm³/mol. The highest BCUT2D eigenvalue weighted by Gasteiger charge is 2.38. The second kappa shape index (κ2) is 3.95. The van der Waals surface area contributed by atoms with Crippen LogP contribution in [0.3, 0.4) is 0 Å². The molecule has 2 rings (SSSR count). The number of nitrogens with two attached hydrogens (primary N) is 1. The first-order chi connectivity index (χ1) is 7.84. The zero-order chi connectivity index (χ0) is 12.7. The Bertz CT molecular complexity index is 422. The summed E-state index contributed by atoms with van der Waals surface area (Å²) < 4.78 is 31.8. The molecule has 0 aliphatic heterocycles. The third-order valence-corrected chi connectivity index (χ3v) is 3.19. The molecule has 0 saturated heterocycles. The lowest BCUT2D eigenvalue weighted by molar-refractivity contribution is 0.0150. The first-order valence-corrected chi connectivity index (χ1v) is 5.68. The molecular weight excluding hydrogens is 224 g/mol. The fraction of sp³-hybridized carbons (Fsp3) is 0.538. The SMILES string of the molecule is COc1ccc(CC2(N)CC2)cc1C(C)(F)F. The molecule has 0 unspecified atom stereocenters. The average Bonchev–Trinajstić information content (AvgIpc) is 2.95. The Morgan fingerprint density at radius 2 is 2.06 bits per heavy atom. The summed E-state index contributed by atoms with van der Waals surface area (Å²) in [6.45, 7) is 0.879. The number of ether oxygens (including phenoxy) is 1. The third kappa shape index (κ3) is 2.75. The van der Waals surface area contributed by atoms with E-state index in [2.05, 4.69) is 0 Å². The van der Waals surface area contributed by atoms with Gasteiger partial charge in [0.25, 0.3) is 5.92 Å². The molecule has 1 saturated carbocycles. The fourth-order valence-electron chi connectivity index (χ4n) is 1.95. The van der Waals surface area contributed by atoms with Crippen molar-refractivity contribution in [3.63, 3.8) is 0 Å². The molecule has 0 spiro atoms. The van der Waals surface area contributed by atoms with Gasteiger partial charge in [0.05, 0.1) is 12.7 Å². The van der Waals surface area contributed by atoms with Crippen LogP contribution in [-0.2, 0) is 12.3 Å². The summed E-state index contributed by atoms with van der Waals surface area (Å²) >= 11 is 0. The molecule has 1 aliphatic carbocycles. The van der Waals surface area contributed by atoms with E-state index >= 15 is 0 Å². The molecule has 0 amide bonds.